The van der Waals surface area contributed by atoms with E-state index in [0.717, 1.165) is 19.4 Å². The van der Waals surface area contributed by atoms with E-state index < -0.39 is 0 Å². The van der Waals surface area contributed by atoms with E-state index in [1.807, 2.05) is 0 Å². The van der Waals surface area contributed by atoms with Crippen molar-refractivity contribution in [3.8, 4) is 0 Å². The Kier molecular flexibility index (Phi) is 4.65. The molecule has 0 aromatic heterocycles. The molecule has 1 heterocycles. The Morgan fingerprint density at radius 1 is 0.680 bits per heavy atom. The van der Waals surface area contributed by atoms with Crippen molar-refractivity contribution in [1.29, 1.82) is 0 Å². The van der Waals surface area contributed by atoms with Crippen molar-refractivity contribution < 1.29 is 0 Å². The van der Waals surface area contributed by atoms with Gasteiger partial charge < -0.3 is 4.90 Å². The fourth-order valence-electron chi connectivity index (χ4n) is 3.60. The maximum atomic E-state index is 2.56. The van der Waals surface area contributed by atoms with Gasteiger partial charge in [0.1, 0.15) is 0 Å². The lowest BCUT2D eigenvalue weighted by atomic mass is 9.97. The monoisotopic (exact) mass is 325 g/mol. The van der Waals surface area contributed by atoms with Crippen molar-refractivity contribution in [2.45, 2.75) is 18.9 Å². The van der Waals surface area contributed by atoms with E-state index in [2.05, 4.69) is 102 Å². The number of fused-ring (bicyclic) bond motifs is 1. The quantitative estimate of drug-likeness (QED) is 0.609. The summed E-state index contributed by atoms with van der Waals surface area (Å²) in [5.41, 5.74) is 5.45. The predicted molar refractivity (Wildman–Crippen MR) is 107 cm³/mol. The van der Waals surface area contributed by atoms with Gasteiger partial charge in [-0.1, -0.05) is 91.0 Å². The van der Waals surface area contributed by atoms with Gasteiger partial charge in [-0.05, 0) is 35.6 Å². The highest BCUT2D eigenvalue weighted by Gasteiger charge is 2.22. The molecule has 4 rings (SSSR count). The first kappa shape index (κ1) is 15.7. The van der Waals surface area contributed by atoms with Crippen LogP contribution in [0.15, 0.2) is 91.0 Å². The van der Waals surface area contributed by atoms with Crippen LogP contribution in [0.5, 0.6) is 0 Å². The number of rotatable bonds is 5. The van der Waals surface area contributed by atoms with Gasteiger partial charge in [-0.3, -0.25) is 0 Å². The number of anilines is 1. The Morgan fingerprint density at radius 3 is 2.08 bits per heavy atom. The molecule has 1 aliphatic heterocycles. The second-order valence-corrected chi connectivity index (χ2v) is 6.60. The number of hydrogen-bond acceptors (Lipinski definition) is 1. The number of hydrogen-bond donors (Lipinski definition) is 0. The van der Waals surface area contributed by atoms with Crippen molar-refractivity contribution in [3.63, 3.8) is 0 Å². The van der Waals surface area contributed by atoms with Crippen LogP contribution in [0.3, 0.4) is 0 Å². The number of benzene rings is 3. The highest BCUT2D eigenvalue weighted by atomic mass is 15.2. The molecule has 0 fully saturated rings. The van der Waals surface area contributed by atoms with E-state index in [9.17, 15) is 0 Å². The van der Waals surface area contributed by atoms with Gasteiger partial charge in [0.15, 0.2) is 0 Å². The van der Waals surface area contributed by atoms with Gasteiger partial charge in [0.05, 0.1) is 6.04 Å². The third kappa shape index (κ3) is 3.66. The van der Waals surface area contributed by atoms with Crippen LogP contribution < -0.4 is 4.90 Å². The van der Waals surface area contributed by atoms with Crippen LogP contribution in [0.4, 0.5) is 5.69 Å². The van der Waals surface area contributed by atoms with Gasteiger partial charge in [-0.25, -0.2) is 0 Å². The van der Waals surface area contributed by atoms with Crippen molar-refractivity contribution >= 4 is 11.8 Å². The van der Waals surface area contributed by atoms with Crippen molar-refractivity contribution in [2.24, 2.45) is 0 Å². The first-order chi connectivity index (χ1) is 12.4. The Balaban J connectivity index is 1.58. The van der Waals surface area contributed by atoms with Crippen LogP contribution >= 0.6 is 0 Å². The van der Waals surface area contributed by atoms with Gasteiger partial charge >= 0.3 is 0 Å². The second kappa shape index (κ2) is 7.40. The standard InChI is InChI=1S/C24H23N/c1-3-9-20(10-4-1)17-18-25-23(19-21-11-5-2-6-12-21)16-15-22-13-7-8-14-24(22)25/h1-16,23H,17-19H2. The van der Waals surface area contributed by atoms with Gasteiger partial charge in [-0.15, -0.1) is 0 Å². The largest absolute Gasteiger partial charge is 0.364 e. The fraction of sp³-hybridized carbons (Fsp3) is 0.167. The molecule has 0 bridgehead atoms. The molecular formula is C24H23N. The fourth-order valence-corrected chi connectivity index (χ4v) is 3.60. The van der Waals surface area contributed by atoms with E-state index in [0.29, 0.717) is 6.04 Å². The average molecular weight is 325 g/mol. The summed E-state index contributed by atoms with van der Waals surface area (Å²) in [6.07, 6.45) is 6.75. The predicted octanol–water partition coefficient (Wildman–Crippen LogP) is 5.37. The van der Waals surface area contributed by atoms with Crippen molar-refractivity contribution in [3.05, 3.63) is 108 Å². The lowest BCUT2D eigenvalue weighted by Crippen LogP contribution is -2.39. The maximum absolute atomic E-state index is 2.56. The molecule has 1 aliphatic rings. The summed E-state index contributed by atoms with van der Waals surface area (Å²) >= 11 is 0. The lowest BCUT2D eigenvalue weighted by Gasteiger charge is -2.36. The van der Waals surface area contributed by atoms with Crippen LogP contribution in [-0.2, 0) is 12.8 Å². The van der Waals surface area contributed by atoms with E-state index in [-0.39, 0.29) is 0 Å². The molecule has 0 aliphatic carbocycles. The summed E-state index contributed by atoms with van der Waals surface area (Å²) in [5.74, 6) is 0. The molecule has 0 saturated carbocycles. The summed E-state index contributed by atoms with van der Waals surface area (Å²) in [6, 6.07) is 30.7. The molecule has 1 nitrogen and oxygen atoms in total. The molecule has 0 radical (unpaired) electrons. The van der Waals surface area contributed by atoms with E-state index >= 15 is 0 Å². The van der Waals surface area contributed by atoms with Crippen LogP contribution in [0.1, 0.15) is 16.7 Å². The van der Waals surface area contributed by atoms with Crippen LogP contribution in [0.2, 0.25) is 0 Å². The highest BCUT2D eigenvalue weighted by Crippen LogP contribution is 2.30. The minimum atomic E-state index is 0.404. The normalized spacial score (nSPS) is 15.8. The molecule has 1 heteroatoms. The van der Waals surface area contributed by atoms with Gasteiger partial charge in [0, 0.05) is 12.2 Å². The average Bonchev–Trinajstić information content (AvgIpc) is 2.68. The Hall–Kier alpha value is -2.80. The molecular weight excluding hydrogens is 302 g/mol. The number of nitrogens with zero attached hydrogens (tertiary/aromatic N) is 1. The van der Waals surface area contributed by atoms with Crippen LogP contribution in [-0.4, -0.2) is 12.6 Å². The molecule has 0 spiro atoms. The Bertz CT molecular complexity index is 836. The minimum absolute atomic E-state index is 0.404. The third-order valence-corrected chi connectivity index (χ3v) is 4.92. The molecule has 1 atom stereocenters. The summed E-state index contributed by atoms with van der Waals surface area (Å²) in [4.78, 5) is 2.56. The Labute approximate surface area is 150 Å². The molecule has 0 N–H and O–H groups in total. The third-order valence-electron chi connectivity index (χ3n) is 4.92. The summed E-state index contributed by atoms with van der Waals surface area (Å²) in [6.45, 7) is 1.03. The van der Waals surface area contributed by atoms with E-state index in [4.69, 9.17) is 0 Å². The van der Waals surface area contributed by atoms with Gasteiger partial charge in [-0.2, -0.15) is 0 Å². The second-order valence-electron chi connectivity index (χ2n) is 6.60. The zero-order chi connectivity index (χ0) is 16.9. The first-order valence-corrected chi connectivity index (χ1v) is 9.02. The first-order valence-electron chi connectivity index (χ1n) is 9.02. The maximum Gasteiger partial charge on any atom is 0.0517 e. The lowest BCUT2D eigenvalue weighted by molar-refractivity contribution is 0.671. The summed E-state index contributed by atoms with van der Waals surface area (Å²) in [7, 11) is 0. The van der Waals surface area contributed by atoms with Crippen molar-refractivity contribution in [1.82, 2.24) is 0 Å². The molecule has 0 saturated heterocycles. The molecule has 1 unspecified atom stereocenters. The topological polar surface area (TPSA) is 3.24 Å². The summed E-state index contributed by atoms with van der Waals surface area (Å²) < 4.78 is 0. The van der Waals surface area contributed by atoms with Gasteiger partial charge in [0.25, 0.3) is 0 Å². The van der Waals surface area contributed by atoms with Crippen molar-refractivity contribution in [2.75, 3.05) is 11.4 Å². The van der Waals surface area contributed by atoms with Gasteiger partial charge in [0.2, 0.25) is 0 Å². The smallest absolute Gasteiger partial charge is 0.0517 e. The molecule has 25 heavy (non-hydrogen) atoms. The van der Waals surface area contributed by atoms with Crippen LogP contribution in [0, 0.1) is 0 Å². The van der Waals surface area contributed by atoms with E-state index in [1.54, 1.807) is 0 Å². The molecule has 3 aromatic rings. The SMILES string of the molecule is C1=CC(Cc2ccccc2)N(CCc2ccccc2)c2ccccc21. The zero-order valence-electron chi connectivity index (χ0n) is 14.4. The molecule has 3 aromatic carbocycles. The van der Waals surface area contributed by atoms with E-state index in [1.165, 1.54) is 22.4 Å². The minimum Gasteiger partial charge on any atom is -0.364 e. The Morgan fingerprint density at radius 2 is 1.32 bits per heavy atom. The summed E-state index contributed by atoms with van der Waals surface area (Å²) in [5, 5.41) is 0. The number of para-hydroxylation sites is 1. The molecule has 124 valence electrons. The zero-order valence-corrected chi connectivity index (χ0v) is 14.4. The van der Waals surface area contributed by atoms with Crippen LogP contribution in [0.25, 0.3) is 6.08 Å². The molecule has 0 amide bonds. The highest BCUT2D eigenvalue weighted by molar-refractivity contribution is 5.72.